The molecule has 3 aromatic rings. The van der Waals surface area contributed by atoms with E-state index in [1.54, 1.807) is 24.3 Å². The first kappa shape index (κ1) is 13.9. The maximum Gasteiger partial charge on any atom is 0.262 e. The van der Waals surface area contributed by atoms with Crippen molar-refractivity contribution < 1.29 is 9.59 Å². The Morgan fingerprint density at radius 3 is 2.42 bits per heavy atom. The van der Waals surface area contributed by atoms with Crippen molar-refractivity contribution in [2.45, 2.75) is 0 Å². The van der Waals surface area contributed by atoms with Crippen LogP contribution in [0.1, 0.15) is 20.7 Å². The molecule has 0 saturated carbocycles. The van der Waals surface area contributed by atoms with E-state index in [-0.39, 0.29) is 16.9 Å². The van der Waals surface area contributed by atoms with Gasteiger partial charge < -0.3 is 5.73 Å². The van der Waals surface area contributed by atoms with Crippen molar-refractivity contribution in [3.05, 3.63) is 64.2 Å². The molecule has 0 radical (unpaired) electrons. The van der Waals surface area contributed by atoms with Crippen molar-refractivity contribution >= 4 is 17.6 Å². The molecule has 0 fully saturated rings. The van der Waals surface area contributed by atoms with E-state index in [0.717, 1.165) is 6.07 Å². The van der Waals surface area contributed by atoms with Crippen molar-refractivity contribution in [2.24, 2.45) is 0 Å². The average molecular weight is 322 g/mol. The smallest absolute Gasteiger partial charge is 0.262 e. The highest BCUT2D eigenvalue weighted by molar-refractivity contribution is 6.23. The van der Waals surface area contributed by atoms with Crippen LogP contribution in [0.4, 0.5) is 5.82 Å². The SMILES string of the molecule is Nc1c2c(cc(=O)n1-c1cccc(-n3nccn3)c1)C(=O)NC2=O. The van der Waals surface area contributed by atoms with Crippen LogP contribution in [-0.2, 0) is 0 Å². The van der Waals surface area contributed by atoms with Gasteiger partial charge in [0.1, 0.15) is 5.82 Å². The second-order valence-corrected chi connectivity index (χ2v) is 5.11. The number of hydrogen-bond acceptors (Lipinski definition) is 6. The number of fused-ring (bicyclic) bond motifs is 1. The van der Waals surface area contributed by atoms with Gasteiger partial charge in [0.25, 0.3) is 17.4 Å². The molecule has 2 amide bonds. The summed E-state index contributed by atoms with van der Waals surface area (Å²) in [5.74, 6) is -1.34. The van der Waals surface area contributed by atoms with E-state index in [1.165, 1.54) is 21.8 Å². The molecule has 3 heterocycles. The van der Waals surface area contributed by atoms with Gasteiger partial charge in [0.2, 0.25) is 0 Å². The molecule has 9 nitrogen and oxygen atoms in total. The van der Waals surface area contributed by atoms with Crippen molar-refractivity contribution in [1.82, 2.24) is 24.9 Å². The van der Waals surface area contributed by atoms with Gasteiger partial charge in [-0.05, 0) is 18.2 Å². The van der Waals surface area contributed by atoms with E-state index < -0.39 is 17.4 Å². The lowest BCUT2D eigenvalue weighted by molar-refractivity contribution is 0.0880. The normalized spacial score (nSPS) is 13.0. The minimum atomic E-state index is -0.625. The highest BCUT2D eigenvalue weighted by Crippen LogP contribution is 2.23. The largest absolute Gasteiger partial charge is 0.384 e. The molecule has 0 unspecified atom stereocenters. The number of rotatable bonds is 2. The summed E-state index contributed by atoms with van der Waals surface area (Å²) in [4.78, 5) is 37.4. The Hall–Kier alpha value is -3.75. The molecule has 24 heavy (non-hydrogen) atoms. The highest BCUT2D eigenvalue weighted by atomic mass is 16.2. The molecule has 0 aliphatic carbocycles. The summed E-state index contributed by atoms with van der Waals surface area (Å²) in [6.45, 7) is 0. The monoisotopic (exact) mass is 322 g/mol. The third-order valence-corrected chi connectivity index (χ3v) is 3.69. The van der Waals surface area contributed by atoms with Crippen LogP contribution in [0.2, 0.25) is 0 Å². The number of aromatic nitrogens is 4. The Labute approximate surface area is 134 Å². The third-order valence-electron chi connectivity index (χ3n) is 3.69. The molecule has 1 aliphatic rings. The number of nitrogens with one attached hydrogen (secondary N) is 1. The van der Waals surface area contributed by atoms with Crippen LogP contribution in [0, 0.1) is 0 Å². The number of nitrogen functional groups attached to an aromatic ring is 1. The maximum atomic E-state index is 12.4. The van der Waals surface area contributed by atoms with Crippen LogP contribution in [0.5, 0.6) is 0 Å². The zero-order valence-electron chi connectivity index (χ0n) is 12.1. The molecule has 1 aliphatic heterocycles. The first-order chi connectivity index (χ1) is 11.6. The van der Waals surface area contributed by atoms with Crippen molar-refractivity contribution in [1.29, 1.82) is 0 Å². The van der Waals surface area contributed by atoms with Crippen LogP contribution in [-0.4, -0.2) is 31.4 Å². The topological polar surface area (TPSA) is 125 Å². The Kier molecular flexibility index (Phi) is 2.82. The second kappa shape index (κ2) is 4.88. The van der Waals surface area contributed by atoms with Gasteiger partial charge in [-0.1, -0.05) is 6.07 Å². The average Bonchev–Trinajstić information content (AvgIpc) is 3.17. The molecule has 1 aromatic carbocycles. The summed E-state index contributed by atoms with van der Waals surface area (Å²) in [7, 11) is 0. The maximum absolute atomic E-state index is 12.4. The van der Waals surface area contributed by atoms with Gasteiger partial charge in [0.05, 0.1) is 34.9 Å². The molecule has 4 rings (SSSR count). The van der Waals surface area contributed by atoms with Gasteiger partial charge in [0.15, 0.2) is 0 Å². The van der Waals surface area contributed by atoms with Gasteiger partial charge in [-0.25, -0.2) is 0 Å². The highest BCUT2D eigenvalue weighted by Gasteiger charge is 2.31. The minimum absolute atomic E-state index is 0.00205. The number of pyridine rings is 1. The van der Waals surface area contributed by atoms with E-state index in [9.17, 15) is 14.4 Å². The first-order valence-electron chi connectivity index (χ1n) is 6.94. The summed E-state index contributed by atoms with van der Waals surface area (Å²) in [6.07, 6.45) is 3.05. The van der Waals surface area contributed by atoms with Gasteiger partial charge in [0, 0.05) is 6.07 Å². The van der Waals surface area contributed by atoms with Crippen LogP contribution < -0.4 is 16.6 Å². The molecular formula is C15H10N6O3. The standard InChI is InChI=1S/C15H10N6O3/c16-13-12-10(14(23)19-15(12)24)7-11(22)20(13)8-2-1-3-9(6-8)21-17-4-5-18-21/h1-7H,16H2,(H,19,23,24). The fourth-order valence-electron chi connectivity index (χ4n) is 2.65. The van der Waals surface area contributed by atoms with Crippen molar-refractivity contribution in [3.8, 4) is 11.4 Å². The molecule has 3 N–H and O–H groups in total. The van der Waals surface area contributed by atoms with E-state index in [0.29, 0.717) is 11.4 Å². The Bertz CT molecular complexity index is 1050. The zero-order chi connectivity index (χ0) is 16.8. The zero-order valence-corrected chi connectivity index (χ0v) is 12.1. The van der Waals surface area contributed by atoms with E-state index >= 15 is 0 Å². The van der Waals surface area contributed by atoms with Crippen molar-refractivity contribution in [3.63, 3.8) is 0 Å². The Balaban J connectivity index is 1.94. The lowest BCUT2D eigenvalue weighted by Crippen LogP contribution is -2.24. The van der Waals surface area contributed by atoms with Gasteiger partial charge >= 0.3 is 0 Å². The molecule has 0 spiro atoms. The molecule has 2 aromatic heterocycles. The van der Waals surface area contributed by atoms with E-state index in [4.69, 9.17) is 5.73 Å². The minimum Gasteiger partial charge on any atom is -0.384 e. The molecular weight excluding hydrogens is 312 g/mol. The molecule has 0 saturated heterocycles. The summed E-state index contributed by atoms with van der Waals surface area (Å²) < 4.78 is 1.17. The number of carbonyl (C=O) groups is 2. The third kappa shape index (κ3) is 1.92. The number of imide groups is 1. The Morgan fingerprint density at radius 2 is 1.67 bits per heavy atom. The molecule has 118 valence electrons. The summed E-state index contributed by atoms with van der Waals surface area (Å²) in [6, 6.07) is 7.88. The van der Waals surface area contributed by atoms with Gasteiger partial charge in [-0.2, -0.15) is 15.0 Å². The predicted octanol–water partition coefficient (Wildman–Crippen LogP) is -0.116. The quantitative estimate of drug-likeness (QED) is 0.634. The van der Waals surface area contributed by atoms with E-state index in [2.05, 4.69) is 15.5 Å². The van der Waals surface area contributed by atoms with E-state index in [1.807, 2.05) is 0 Å². The first-order valence-corrected chi connectivity index (χ1v) is 6.94. The van der Waals surface area contributed by atoms with Crippen LogP contribution in [0.15, 0.2) is 47.5 Å². The fraction of sp³-hybridized carbons (Fsp3) is 0. The fourth-order valence-corrected chi connectivity index (χ4v) is 2.65. The van der Waals surface area contributed by atoms with Gasteiger partial charge in [-0.3, -0.25) is 24.3 Å². The number of carbonyl (C=O) groups excluding carboxylic acids is 2. The van der Waals surface area contributed by atoms with Crippen molar-refractivity contribution in [2.75, 3.05) is 5.73 Å². The summed E-state index contributed by atoms with van der Waals surface area (Å²) in [5, 5.41) is 10.2. The van der Waals surface area contributed by atoms with Crippen LogP contribution in [0.25, 0.3) is 11.4 Å². The lowest BCUT2D eigenvalue weighted by Gasteiger charge is -2.12. The van der Waals surface area contributed by atoms with Crippen LogP contribution in [0.3, 0.4) is 0 Å². The summed E-state index contributed by atoms with van der Waals surface area (Å²) >= 11 is 0. The Morgan fingerprint density at radius 1 is 0.958 bits per heavy atom. The lowest BCUT2D eigenvalue weighted by atomic mass is 10.1. The number of benzene rings is 1. The molecule has 0 bridgehead atoms. The van der Waals surface area contributed by atoms with Crippen LogP contribution >= 0.6 is 0 Å². The molecule has 9 heteroatoms. The second-order valence-electron chi connectivity index (χ2n) is 5.11. The number of amides is 2. The number of nitrogens with two attached hydrogens (primary N) is 1. The molecule has 0 atom stereocenters. The number of nitrogens with zero attached hydrogens (tertiary/aromatic N) is 4. The number of anilines is 1. The predicted molar refractivity (Wildman–Crippen MR) is 83.2 cm³/mol. The summed E-state index contributed by atoms with van der Waals surface area (Å²) in [5.41, 5.74) is 6.53. The number of hydrogen-bond donors (Lipinski definition) is 2. The van der Waals surface area contributed by atoms with Gasteiger partial charge in [-0.15, -0.1) is 0 Å².